The van der Waals surface area contributed by atoms with E-state index >= 15 is 4.39 Å². The summed E-state index contributed by atoms with van der Waals surface area (Å²) >= 11 is 8.18. The summed E-state index contributed by atoms with van der Waals surface area (Å²) in [7, 11) is 0. The van der Waals surface area contributed by atoms with Crippen molar-refractivity contribution < 1.29 is 58.1 Å². The van der Waals surface area contributed by atoms with Gasteiger partial charge in [0.05, 0.1) is 10.9 Å². The molecular formula is C46H37ClF2N6O10S. The zero-order chi connectivity index (χ0) is 45.7. The maximum atomic E-state index is 16.4. The fraction of sp³-hybridized carbons (Fsp3) is 0.239. The maximum Gasteiger partial charge on any atom is 0.345 e. The predicted molar refractivity (Wildman–Crippen MR) is 235 cm³/mol. The van der Waals surface area contributed by atoms with Gasteiger partial charge < -0.3 is 39.3 Å². The number of phenolic OH excluding ortho intramolecular Hbond substituents is 1. The van der Waals surface area contributed by atoms with Gasteiger partial charge in [-0.2, -0.15) is 9.45 Å². The summed E-state index contributed by atoms with van der Waals surface area (Å²) < 4.78 is 56.1. The number of carboxylic acids is 1. The molecular weight excluding hydrogens is 902 g/mol. The Morgan fingerprint density at radius 1 is 0.970 bits per heavy atom. The first kappa shape index (κ1) is 43.2. The highest BCUT2D eigenvalue weighted by molar-refractivity contribution is 7.22. The summed E-state index contributed by atoms with van der Waals surface area (Å²) in [4.78, 5) is 38.1. The molecule has 4 aliphatic rings. The molecule has 4 aromatic carbocycles. The number of ether oxygens (including phenoxy) is 4. The van der Waals surface area contributed by atoms with Crippen LogP contribution in [0.15, 0.2) is 97.5 Å². The van der Waals surface area contributed by atoms with E-state index in [1.54, 1.807) is 54.6 Å². The lowest BCUT2D eigenvalue weighted by atomic mass is 9.98. The van der Waals surface area contributed by atoms with Crippen LogP contribution in [0.5, 0.6) is 34.6 Å². The molecule has 6 heterocycles. The number of rotatable bonds is 9. The van der Waals surface area contributed by atoms with Crippen LogP contribution in [0.3, 0.4) is 0 Å². The van der Waals surface area contributed by atoms with Crippen molar-refractivity contribution in [3.8, 4) is 67.6 Å². The van der Waals surface area contributed by atoms with Crippen molar-refractivity contribution >= 4 is 39.1 Å². The molecule has 4 N–H and O–H groups in total. The van der Waals surface area contributed by atoms with Crippen molar-refractivity contribution in [1.82, 2.24) is 29.9 Å². The van der Waals surface area contributed by atoms with E-state index in [2.05, 4.69) is 29.7 Å². The minimum atomic E-state index is -2.20. The van der Waals surface area contributed by atoms with E-state index in [1.165, 1.54) is 59.3 Å². The third-order valence-electron chi connectivity index (χ3n) is 11.6. The van der Waals surface area contributed by atoms with E-state index in [0.717, 1.165) is 0 Å². The summed E-state index contributed by atoms with van der Waals surface area (Å²) in [5, 5.41) is 43.6. The first-order valence-corrected chi connectivity index (χ1v) is 21.8. The average molecular weight is 939 g/mol. The molecule has 2 fully saturated rings. The Bertz CT molecular complexity index is 2980. The molecule has 4 atom stereocenters. The molecule has 3 aliphatic heterocycles. The molecule has 11 rings (SSSR count). The van der Waals surface area contributed by atoms with Gasteiger partial charge >= 0.3 is 5.97 Å². The number of aliphatic carboxylic acids is 1. The largest absolute Gasteiger partial charge is 0.506 e. The molecule has 4 bridgehead atoms. The monoisotopic (exact) mass is 938 g/mol. The third kappa shape index (κ3) is 8.36. The SMILES string of the molecule is O=C(O)[C@H]1Cc2cc(ccc2OC(F)c2ccnc(-c3ccccc3OO)n2)O[C@@H]2CC2(CN2CCN(O)CC2)Oc2ccc(c(O)c2Cl)-c2c(-c3ccc(F)cc3)sc3ncnc(c23)O1. The minimum Gasteiger partial charge on any atom is -0.506 e. The Balaban J connectivity index is 1.09. The number of fused-ring (bicyclic) bond motifs is 4. The number of thiophene rings is 1. The standard InChI is InChI=1S/C46H37ClF2N6O10S/c47-38-33-12-10-29(39(38)56)36-37-43(51-23-52-44(37)66-40(36)24-5-7-26(48)8-6-24)63-34(45(57)58)20-25-19-27(61-35-21-46(35,64-33)22-54-15-17-55(59)18-16-54)9-11-31(25)62-41(49)30-13-14-50-42(53-30)28-3-1-2-4-32(28)65-60/h1-14,19,23,34-35,41,56,59-60H,15-18,20-22H2,(H,57,58)/t34-,35-,41?,46?/m1/s1. The van der Waals surface area contributed by atoms with Crippen molar-refractivity contribution in [2.45, 2.75) is 37.0 Å². The van der Waals surface area contributed by atoms with E-state index < -0.39 is 42.4 Å². The highest BCUT2D eigenvalue weighted by Crippen LogP contribution is 2.54. The number of aromatic hydroxyl groups is 1. The van der Waals surface area contributed by atoms with Crippen LogP contribution in [0.4, 0.5) is 8.78 Å². The Morgan fingerprint density at radius 3 is 2.56 bits per heavy atom. The first-order valence-electron chi connectivity index (χ1n) is 20.6. The van der Waals surface area contributed by atoms with Gasteiger partial charge in [0.1, 0.15) is 56.8 Å². The molecule has 338 valence electrons. The van der Waals surface area contributed by atoms with Crippen LogP contribution < -0.4 is 23.8 Å². The molecule has 1 saturated carbocycles. The molecule has 0 amide bonds. The van der Waals surface area contributed by atoms with E-state index in [4.69, 9.17) is 30.5 Å². The minimum absolute atomic E-state index is 0.0420. The van der Waals surface area contributed by atoms with E-state index in [0.29, 0.717) is 60.0 Å². The second-order valence-electron chi connectivity index (χ2n) is 15.9. The number of aromatic nitrogens is 4. The first-order chi connectivity index (χ1) is 32.0. The molecule has 1 saturated heterocycles. The van der Waals surface area contributed by atoms with Crippen LogP contribution in [0.25, 0.3) is 43.2 Å². The number of hydrogen-bond acceptors (Lipinski definition) is 16. The predicted octanol–water partition coefficient (Wildman–Crippen LogP) is 8.24. The van der Waals surface area contributed by atoms with Crippen LogP contribution in [-0.4, -0.2) is 107 Å². The number of benzene rings is 4. The number of hydrogen-bond donors (Lipinski definition) is 4. The van der Waals surface area contributed by atoms with Gasteiger partial charge in [-0.15, -0.1) is 11.3 Å². The van der Waals surface area contributed by atoms with Crippen LogP contribution in [0.1, 0.15) is 24.0 Å². The number of hydroxylamine groups is 2. The van der Waals surface area contributed by atoms with Gasteiger partial charge in [0.2, 0.25) is 12.0 Å². The van der Waals surface area contributed by atoms with Gasteiger partial charge in [-0.25, -0.2) is 34.4 Å². The quantitative estimate of drug-likeness (QED) is 0.0795. The topological polar surface area (TPSA) is 202 Å². The highest BCUT2D eigenvalue weighted by Gasteiger charge is 2.61. The van der Waals surface area contributed by atoms with Crippen LogP contribution in [0, 0.1) is 5.82 Å². The Labute approximate surface area is 382 Å². The second kappa shape index (κ2) is 17.6. The number of carbonyl (C=O) groups is 1. The number of para-hydroxylation sites is 1. The highest BCUT2D eigenvalue weighted by atomic mass is 35.5. The molecule has 20 heteroatoms. The summed E-state index contributed by atoms with van der Waals surface area (Å²) in [6.45, 7) is 2.23. The lowest BCUT2D eigenvalue weighted by molar-refractivity contribution is -0.145. The van der Waals surface area contributed by atoms with E-state index in [1.807, 2.05) is 0 Å². The van der Waals surface area contributed by atoms with Gasteiger partial charge in [0.25, 0.3) is 6.36 Å². The van der Waals surface area contributed by atoms with Crippen LogP contribution >= 0.6 is 22.9 Å². The summed E-state index contributed by atoms with van der Waals surface area (Å²) in [6.07, 6.45) is -1.96. The number of alkyl halides is 1. The second-order valence-corrected chi connectivity index (χ2v) is 17.3. The zero-order valence-electron chi connectivity index (χ0n) is 34.4. The Morgan fingerprint density at radius 2 is 1.77 bits per heavy atom. The zero-order valence-corrected chi connectivity index (χ0v) is 36.0. The lowest BCUT2D eigenvalue weighted by Gasteiger charge is -2.34. The van der Waals surface area contributed by atoms with Crippen molar-refractivity contribution in [2.75, 3.05) is 32.7 Å². The number of halogens is 3. The smallest absolute Gasteiger partial charge is 0.345 e. The van der Waals surface area contributed by atoms with Gasteiger partial charge in [-0.3, -0.25) is 4.90 Å². The van der Waals surface area contributed by atoms with Gasteiger partial charge in [0, 0.05) is 73.3 Å². The number of piperazine rings is 1. The van der Waals surface area contributed by atoms with E-state index in [-0.39, 0.29) is 73.2 Å². The third-order valence-corrected chi connectivity index (χ3v) is 13.1. The number of carboxylic acid groups (broad SMARTS) is 1. The molecule has 7 aromatic rings. The van der Waals surface area contributed by atoms with Crippen molar-refractivity contribution in [2.24, 2.45) is 0 Å². The van der Waals surface area contributed by atoms with Gasteiger partial charge in [0.15, 0.2) is 17.2 Å². The van der Waals surface area contributed by atoms with Crippen molar-refractivity contribution in [3.05, 3.63) is 120 Å². The van der Waals surface area contributed by atoms with Gasteiger partial charge in [-0.05, 0) is 66.2 Å². The Kier molecular flexibility index (Phi) is 11.5. The fourth-order valence-electron chi connectivity index (χ4n) is 8.20. The van der Waals surface area contributed by atoms with Gasteiger partial charge in [-0.1, -0.05) is 35.9 Å². The van der Waals surface area contributed by atoms with Crippen LogP contribution in [0.2, 0.25) is 5.02 Å². The van der Waals surface area contributed by atoms with Crippen molar-refractivity contribution in [3.63, 3.8) is 0 Å². The summed E-state index contributed by atoms with van der Waals surface area (Å²) in [5.74, 6) is -1.92. The summed E-state index contributed by atoms with van der Waals surface area (Å²) in [6, 6.07) is 21.2. The molecule has 16 nitrogen and oxygen atoms in total. The molecule has 2 unspecified atom stereocenters. The molecule has 1 aliphatic carbocycles. The van der Waals surface area contributed by atoms with Crippen LogP contribution in [-0.2, 0) is 11.2 Å². The maximum absolute atomic E-state index is 16.4. The fourth-order valence-corrected chi connectivity index (χ4v) is 9.56. The van der Waals surface area contributed by atoms with Crippen molar-refractivity contribution in [1.29, 1.82) is 0 Å². The molecule has 66 heavy (non-hydrogen) atoms. The molecule has 0 radical (unpaired) electrons. The molecule has 3 aromatic heterocycles. The molecule has 0 spiro atoms. The average Bonchev–Trinajstić information content (AvgIpc) is 3.82. The lowest BCUT2D eigenvalue weighted by Crippen LogP contribution is -2.50. The summed E-state index contributed by atoms with van der Waals surface area (Å²) in [5.41, 5.74) is 0.382. The van der Waals surface area contributed by atoms with E-state index in [9.17, 15) is 29.9 Å². The number of phenols is 1. The number of nitrogens with zero attached hydrogens (tertiary/aromatic N) is 6. The Hall–Kier alpha value is -6.74. The normalized spacial score (nSPS) is 20.0.